The van der Waals surface area contributed by atoms with Gasteiger partial charge in [0, 0.05) is 19.1 Å². The van der Waals surface area contributed by atoms with Gasteiger partial charge < -0.3 is 55.1 Å². The van der Waals surface area contributed by atoms with Crippen molar-refractivity contribution in [3.63, 3.8) is 0 Å². The summed E-state index contributed by atoms with van der Waals surface area (Å²) >= 11 is 0. The lowest BCUT2D eigenvalue weighted by Crippen LogP contribution is -2.59. The molecule has 1 heterocycles. The van der Waals surface area contributed by atoms with Crippen molar-refractivity contribution in [2.75, 3.05) is 13.7 Å². The third kappa shape index (κ3) is 6.05. The first kappa shape index (κ1) is 27.6. The summed E-state index contributed by atoms with van der Waals surface area (Å²) in [5, 5.41) is 78.8. The van der Waals surface area contributed by atoms with E-state index < -0.39 is 66.8 Å². The number of benzene rings is 2. The Labute approximate surface area is 206 Å². The Balaban J connectivity index is 1.87. The van der Waals surface area contributed by atoms with Crippen LogP contribution in [0.25, 0.3) is 0 Å². The van der Waals surface area contributed by atoms with Gasteiger partial charge in [0.2, 0.25) is 0 Å². The highest BCUT2D eigenvalue weighted by molar-refractivity contribution is 5.96. The summed E-state index contributed by atoms with van der Waals surface area (Å²) in [6, 6.07) is 7.51. The number of rotatable bonds is 10. The lowest BCUT2D eigenvalue weighted by molar-refractivity contribution is -0.318. The smallest absolute Gasteiger partial charge is 0.187 e. The number of hydrogen-bond acceptors (Lipinski definition) is 12. The topological polar surface area (TPSA) is 207 Å². The predicted molar refractivity (Wildman–Crippen MR) is 121 cm³/mol. The highest BCUT2D eigenvalue weighted by Gasteiger charge is 2.45. The van der Waals surface area contributed by atoms with Gasteiger partial charge in [-0.3, -0.25) is 4.79 Å². The molecule has 8 N–H and O–H groups in total. The van der Waals surface area contributed by atoms with E-state index in [0.717, 1.165) is 6.07 Å². The number of phenolic OH excluding ortho intramolecular Hbond substituents is 4. The van der Waals surface area contributed by atoms with E-state index in [1.54, 1.807) is 0 Å². The van der Waals surface area contributed by atoms with Crippen LogP contribution in [0, 0.1) is 0 Å². The SMILES string of the molecule is CO[C@@H](c1ccc(O)c(O)c1)[C@@H](CCC(=O)c1ccc(O)c(O)c1)O[C@@H]1O[C@H](CO)[C@@H](O)[C@H](O)[C@H]1O. The van der Waals surface area contributed by atoms with Crippen LogP contribution in [0.15, 0.2) is 36.4 Å². The van der Waals surface area contributed by atoms with Crippen LogP contribution in [0.1, 0.15) is 34.9 Å². The van der Waals surface area contributed by atoms with Crippen LogP contribution in [0.2, 0.25) is 0 Å². The van der Waals surface area contributed by atoms with E-state index >= 15 is 0 Å². The second kappa shape index (κ2) is 11.8. The predicted octanol–water partition coefficient (Wildman–Crippen LogP) is 0.0447. The molecule has 0 amide bonds. The number of aliphatic hydroxyl groups is 4. The summed E-state index contributed by atoms with van der Waals surface area (Å²) in [6.07, 6.45) is -9.97. The quantitative estimate of drug-likeness (QED) is 0.158. The summed E-state index contributed by atoms with van der Waals surface area (Å²) in [4.78, 5) is 12.8. The van der Waals surface area contributed by atoms with E-state index in [9.17, 15) is 45.6 Å². The molecule has 0 saturated carbocycles. The zero-order chi connectivity index (χ0) is 26.6. The molecule has 7 atom stereocenters. The largest absolute Gasteiger partial charge is 0.504 e. The Kier molecular flexibility index (Phi) is 9.08. The normalized spacial score (nSPS) is 25.9. The first-order valence-corrected chi connectivity index (χ1v) is 11.1. The van der Waals surface area contributed by atoms with Gasteiger partial charge in [0.05, 0.1) is 12.7 Å². The lowest BCUT2D eigenvalue weighted by Gasteiger charge is -2.41. The Morgan fingerprint density at radius 2 is 1.56 bits per heavy atom. The van der Waals surface area contributed by atoms with Gasteiger partial charge in [-0.1, -0.05) is 6.07 Å². The first-order valence-electron chi connectivity index (χ1n) is 11.1. The lowest BCUT2D eigenvalue weighted by atomic mass is 9.96. The Morgan fingerprint density at radius 3 is 2.14 bits per heavy atom. The van der Waals surface area contributed by atoms with Gasteiger partial charge in [-0.05, 0) is 42.3 Å². The fraction of sp³-hybridized carbons (Fsp3) is 0.458. The van der Waals surface area contributed by atoms with Gasteiger partial charge in [-0.15, -0.1) is 0 Å². The van der Waals surface area contributed by atoms with Crippen molar-refractivity contribution in [3.05, 3.63) is 47.5 Å². The summed E-state index contributed by atoms with van der Waals surface area (Å²) < 4.78 is 16.9. The monoisotopic (exact) mass is 510 g/mol. The molecule has 0 unspecified atom stereocenters. The van der Waals surface area contributed by atoms with Crippen LogP contribution in [-0.4, -0.2) is 97.2 Å². The van der Waals surface area contributed by atoms with E-state index in [1.807, 2.05) is 0 Å². The molecule has 1 fully saturated rings. The maximum absolute atomic E-state index is 12.8. The van der Waals surface area contributed by atoms with Crippen molar-refractivity contribution in [2.45, 2.75) is 55.8 Å². The minimum absolute atomic E-state index is 0.0460. The molecule has 12 nitrogen and oxygen atoms in total. The van der Waals surface area contributed by atoms with Crippen molar-refractivity contribution >= 4 is 5.78 Å². The van der Waals surface area contributed by atoms with Crippen LogP contribution in [0.5, 0.6) is 23.0 Å². The summed E-state index contributed by atoms with van der Waals surface area (Å²) in [6.45, 7) is -0.669. The Hall–Kier alpha value is -2.97. The van der Waals surface area contributed by atoms with E-state index in [4.69, 9.17) is 14.2 Å². The highest BCUT2D eigenvalue weighted by atomic mass is 16.7. The molecule has 12 heteroatoms. The fourth-order valence-electron chi connectivity index (χ4n) is 3.98. The molecule has 0 radical (unpaired) electrons. The number of carbonyl (C=O) groups excluding carboxylic acids is 1. The van der Waals surface area contributed by atoms with E-state index in [2.05, 4.69) is 0 Å². The molecule has 3 rings (SSSR count). The second-order valence-electron chi connectivity index (χ2n) is 8.44. The van der Waals surface area contributed by atoms with Crippen LogP contribution in [-0.2, 0) is 14.2 Å². The van der Waals surface area contributed by atoms with Crippen LogP contribution in [0.4, 0.5) is 0 Å². The van der Waals surface area contributed by atoms with Gasteiger partial charge in [0.1, 0.15) is 30.5 Å². The third-order valence-electron chi connectivity index (χ3n) is 6.03. The van der Waals surface area contributed by atoms with Crippen molar-refractivity contribution < 1.29 is 59.9 Å². The van der Waals surface area contributed by atoms with Gasteiger partial charge in [0.15, 0.2) is 35.1 Å². The molecule has 1 aliphatic rings. The van der Waals surface area contributed by atoms with E-state index in [1.165, 1.54) is 37.4 Å². The van der Waals surface area contributed by atoms with E-state index in [-0.39, 0.29) is 29.9 Å². The molecule has 2 aromatic rings. The number of phenols is 4. The first-order chi connectivity index (χ1) is 17.1. The molecule has 0 aliphatic carbocycles. The average Bonchev–Trinajstić information content (AvgIpc) is 2.86. The molecule has 0 bridgehead atoms. The Bertz CT molecular complexity index is 1040. The summed E-state index contributed by atoms with van der Waals surface area (Å²) in [5.74, 6) is -2.08. The number of Topliss-reactive ketones (excluding diaryl/α,β-unsaturated/α-hetero) is 1. The fourth-order valence-corrected chi connectivity index (χ4v) is 3.98. The standard InChI is InChI=1S/C24H30O12/c1-34-23(12-3-5-15(28)17(30)9-12)18(7-6-13(26)11-2-4-14(27)16(29)8-11)35-24-22(33)21(32)20(31)19(10-25)36-24/h2-5,8-9,18-25,27-33H,6-7,10H2,1H3/t18-,19-,20-,21+,22-,23+,24-/m1/s1. The number of hydrogen-bond donors (Lipinski definition) is 8. The van der Waals surface area contributed by atoms with Crippen LogP contribution >= 0.6 is 0 Å². The summed E-state index contributed by atoms with van der Waals surface area (Å²) in [5.41, 5.74) is 0.463. The molecule has 0 spiro atoms. The van der Waals surface area contributed by atoms with Crippen LogP contribution in [0.3, 0.4) is 0 Å². The van der Waals surface area contributed by atoms with Crippen molar-refractivity contribution in [1.29, 1.82) is 0 Å². The number of ether oxygens (including phenoxy) is 3. The van der Waals surface area contributed by atoms with Gasteiger partial charge in [0.25, 0.3) is 0 Å². The second-order valence-corrected chi connectivity index (χ2v) is 8.44. The molecule has 36 heavy (non-hydrogen) atoms. The minimum Gasteiger partial charge on any atom is -0.504 e. The number of aliphatic hydroxyl groups excluding tert-OH is 4. The zero-order valence-electron chi connectivity index (χ0n) is 19.3. The molecule has 198 valence electrons. The van der Waals surface area contributed by atoms with Gasteiger partial charge in [-0.2, -0.15) is 0 Å². The van der Waals surface area contributed by atoms with Crippen molar-refractivity contribution in [3.8, 4) is 23.0 Å². The zero-order valence-corrected chi connectivity index (χ0v) is 19.3. The van der Waals surface area contributed by atoms with Crippen LogP contribution < -0.4 is 0 Å². The molecule has 1 aliphatic heterocycles. The molecule has 0 aromatic heterocycles. The third-order valence-corrected chi connectivity index (χ3v) is 6.03. The molecular weight excluding hydrogens is 480 g/mol. The minimum atomic E-state index is -1.71. The van der Waals surface area contributed by atoms with Gasteiger partial charge >= 0.3 is 0 Å². The maximum atomic E-state index is 12.8. The van der Waals surface area contributed by atoms with E-state index in [0.29, 0.717) is 5.56 Å². The average molecular weight is 510 g/mol. The number of carbonyl (C=O) groups is 1. The number of methoxy groups -OCH3 is 1. The maximum Gasteiger partial charge on any atom is 0.187 e. The van der Waals surface area contributed by atoms with Crippen molar-refractivity contribution in [1.82, 2.24) is 0 Å². The molecule has 1 saturated heterocycles. The molecular formula is C24H30O12. The highest BCUT2D eigenvalue weighted by Crippen LogP contribution is 2.35. The molecule has 2 aromatic carbocycles. The number of ketones is 1. The van der Waals surface area contributed by atoms with Gasteiger partial charge in [-0.25, -0.2) is 0 Å². The number of aromatic hydroxyl groups is 4. The Morgan fingerprint density at radius 1 is 0.917 bits per heavy atom. The van der Waals surface area contributed by atoms with Crippen molar-refractivity contribution in [2.24, 2.45) is 0 Å². The summed E-state index contributed by atoms with van der Waals surface area (Å²) in [7, 11) is 1.33.